The molecule has 1 aromatic heterocycles. The number of hydrogen-bond acceptors (Lipinski definition) is 8. The van der Waals surface area contributed by atoms with Crippen molar-refractivity contribution in [3.8, 4) is 0 Å². The minimum atomic E-state index is -0.231. The van der Waals surface area contributed by atoms with Gasteiger partial charge < -0.3 is 16.0 Å². The number of nitrogens with zero attached hydrogens (tertiary/aromatic N) is 6. The Morgan fingerprint density at radius 2 is 1.47 bits per heavy atom. The number of nitrogens with one attached hydrogen (secondary N) is 1. The van der Waals surface area contributed by atoms with Crippen LogP contribution in [0.1, 0.15) is 153 Å². The number of piperidine rings is 2. The molecular formula is C35H64N8. The second-order valence-electron chi connectivity index (χ2n) is 18.2. The van der Waals surface area contributed by atoms with Crippen LogP contribution in [-0.4, -0.2) is 72.4 Å². The van der Waals surface area contributed by atoms with Gasteiger partial charge in [0.05, 0.1) is 12.0 Å². The van der Waals surface area contributed by atoms with Crippen LogP contribution in [0, 0.1) is 5.41 Å². The topological polar surface area (TPSA) is 95.6 Å². The summed E-state index contributed by atoms with van der Waals surface area (Å²) in [5.41, 5.74) is 6.48. The van der Waals surface area contributed by atoms with E-state index in [1.807, 2.05) is 0 Å². The molecule has 0 radical (unpaired) electrons. The third-order valence-corrected chi connectivity index (χ3v) is 10.1. The summed E-state index contributed by atoms with van der Waals surface area (Å²) in [6, 6.07) is 0.231. The summed E-state index contributed by atoms with van der Waals surface area (Å²) in [4.78, 5) is 26.1. The van der Waals surface area contributed by atoms with Gasteiger partial charge in [0.1, 0.15) is 5.82 Å². The zero-order valence-electron chi connectivity index (χ0n) is 29.9. The molecule has 0 aromatic carbocycles. The molecule has 244 valence electrons. The Bertz CT molecular complexity index is 1140. The van der Waals surface area contributed by atoms with Crippen molar-refractivity contribution >= 4 is 18.1 Å². The highest BCUT2D eigenvalue weighted by atomic mass is 15.4. The van der Waals surface area contributed by atoms with E-state index in [4.69, 9.17) is 25.7 Å². The average molecular weight is 597 g/mol. The molecule has 6 bridgehead atoms. The predicted molar refractivity (Wildman–Crippen MR) is 182 cm³/mol. The second-order valence-corrected chi connectivity index (χ2v) is 18.2. The first-order valence-corrected chi connectivity index (χ1v) is 16.9. The molecule has 1 aromatic rings. The van der Waals surface area contributed by atoms with E-state index in [-0.39, 0.29) is 45.1 Å². The number of aliphatic imine (C=N–C) groups is 1. The number of fused-ring (bicyclic) bond motifs is 7. The molecule has 3 unspecified atom stereocenters. The third kappa shape index (κ3) is 7.54. The summed E-state index contributed by atoms with van der Waals surface area (Å²) in [7, 11) is 0. The summed E-state index contributed by atoms with van der Waals surface area (Å²) < 4.78 is 0. The highest BCUT2D eigenvalue weighted by Gasteiger charge is 2.53. The Morgan fingerprint density at radius 1 is 0.837 bits per heavy atom. The van der Waals surface area contributed by atoms with E-state index in [1.54, 1.807) is 0 Å². The molecule has 4 aliphatic heterocycles. The Balaban J connectivity index is 1.92. The molecule has 5 heterocycles. The lowest BCUT2D eigenvalue weighted by Crippen LogP contribution is -2.67. The lowest BCUT2D eigenvalue weighted by molar-refractivity contribution is -0.0532. The van der Waals surface area contributed by atoms with Gasteiger partial charge in [-0.15, -0.1) is 0 Å². The van der Waals surface area contributed by atoms with Crippen LogP contribution in [-0.2, 0) is 0 Å². The third-order valence-electron chi connectivity index (χ3n) is 10.1. The van der Waals surface area contributed by atoms with Gasteiger partial charge in [0, 0.05) is 33.7 Å². The van der Waals surface area contributed by atoms with Crippen LogP contribution < -0.4 is 16.0 Å². The van der Waals surface area contributed by atoms with Gasteiger partial charge in [-0.05, 0) is 132 Å². The van der Waals surface area contributed by atoms with Crippen molar-refractivity contribution in [1.29, 1.82) is 0 Å². The molecule has 4 aliphatic rings. The number of anilines is 2. The molecule has 3 atom stereocenters. The molecule has 2 saturated heterocycles. The summed E-state index contributed by atoms with van der Waals surface area (Å²) in [5.74, 6) is 2.18. The smallest absolute Gasteiger partial charge is 0.231 e. The minimum absolute atomic E-state index is 0.0123. The van der Waals surface area contributed by atoms with Crippen molar-refractivity contribution in [2.24, 2.45) is 16.1 Å². The van der Waals surface area contributed by atoms with Gasteiger partial charge in [-0.3, -0.25) is 9.89 Å². The molecule has 0 amide bonds. The molecule has 0 aliphatic carbocycles. The van der Waals surface area contributed by atoms with Crippen molar-refractivity contribution in [2.45, 2.75) is 187 Å². The Labute approximate surface area is 263 Å². The lowest BCUT2D eigenvalue weighted by atomic mass is 9.69. The minimum Gasteiger partial charge on any atom is -0.349 e. The van der Waals surface area contributed by atoms with Crippen LogP contribution in [0.5, 0.6) is 0 Å². The van der Waals surface area contributed by atoms with Gasteiger partial charge in [-0.1, -0.05) is 27.2 Å². The summed E-state index contributed by atoms with van der Waals surface area (Å²) in [5, 5.41) is 3.76. The first-order chi connectivity index (χ1) is 19.5. The fourth-order valence-electron chi connectivity index (χ4n) is 9.50. The number of hydrogen-bond donors (Lipinski definition) is 2. The fourth-order valence-corrected chi connectivity index (χ4v) is 9.50. The van der Waals surface area contributed by atoms with Crippen molar-refractivity contribution in [3.63, 3.8) is 0 Å². The van der Waals surface area contributed by atoms with Crippen molar-refractivity contribution in [2.75, 3.05) is 16.8 Å². The van der Waals surface area contributed by atoms with Crippen molar-refractivity contribution in [3.05, 3.63) is 5.82 Å². The molecule has 0 spiro atoms. The van der Waals surface area contributed by atoms with Crippen LogP contribution in [0.15, 0.2) is 4.99 Å². The van der Waals surface area contributed by atoms with E-state index in [0.717, 1.165) is 56.8 Å². The highest BCUT2D eigenvalue weighted by molar-refractivity contribution is 5.57. The SMILES string of the molecule is CC(C)(C)CC(C)(C)Nc1nc2nc(n1)N1C(C)(C)CC(CC1(C)C)N=CCCCCCN1C(C)(C)CC(N)C2C1(C)C. The fraction of sp³-hybridized carbons (Fsp3) is 0.886. The maximum absolute atomic E-state index is 7.15. The van der Waals surface area contributed by atoms with Gasteiger partial charge in [0.2, 0.25) is 11.9 Å². The molecule has 3 N–H and O–H groups in total. The first kappa shape index (κ1) is 34.1. The molecule has 43 heavy (non-hydrogen) atoms. The Kier molecular flexibility index (Phi) is 9.14. The van der Waals surface area contributed by atoms with Crippen LogP contribution >= 0.6 is 0 Å². The number of rotatable bonds is 3. The van der Waals surface area contributed by atoms with Gasteiger partial charge in [-0.25, -0.2) is 0 Å². The maximum Gasteiger partial charge on any atom is 0.231 e. The zero-order chi connectivity index (χ0) is 32.2. The first-order valence-electron chi connectivity index (χ1n) is 16.9. The maximum atomic E-state index is 7.15. The van der Waals surface area contributed by atoms with Gasteiger partial charge in [0.15, 0.2) is 0 Å². The van der Waals surface area contributed by atoms with E-state index < -0.39 is 0 Å². The Morgan fingerprint density at radius 3 is 2.07 bits per heavy atom. The van der Waals surface area contributed by atoms with E-state index in [0.29, 0.717) is 12.0 Å². The normalized spacial score (nSPS) is 29.3. The molecule has 8 nitrogen and oxygen atoms in total. The quantitative estimate of drug-likeness (QED) is 0.377. The van der Waals surface area contributed by atoms with Crippen LogP contribution in [0.4, 0.5) is 11.9 Å². The number of aromatic nitrogens is 3. The van der Waals surface area contributed by atoms with Gasteiger partial charge in [0.25, 0.3) is 0 Å². The van der Waals surface area contributed by atoms with Crippen LogP contribution in [0.25, 0.3) is 0 Å². The van der Waals surface area contributed by atoms with Crippen molar-refractivity contribution < 1.29 is 0 Å². The molecule has 5 rings (SSSR count). The molecule has 8 heteroatoms. The van der Waals surface area contributed by atoms with Crippen molar-refractivity contribution in [1.82, 2.24) is 19.9 Å². The average Bonchev–Trinajstić information content (AvgIpc) is 2.74. The largest absolute Gasteiger partial charge is 0.349 e. The lowest BCUT2D eigenvalue weighted by Gasteiger charge is -2.58. The number of nitrogens with two attached hydrogens (primary N) is 1. The molecular weight excluding hydrogens is 532 g/mol. The Hall–Kier alpha value is -1.80. The van der Waals surface area contributed by atoms with Gasteiger partial charge in [-0.2, -0.15) is 15.0 Å². The molecule has 2 fully saturated rings. The molecule has 0 saturated carbocycles. The summed E-state index contributed by atoms with van der Waals surface area (Å²) in [6.07, 6.45) is 10.6. The van der Waals surface area contributed by atoms with E-state index in [2.05, 4.69) is 111 Å². The van der Waals surface area contributed by atoms with E-state index in [9.17, 15) is 0 Å². The van der Waals surface area contributed by atoms with E-state index >= 15 is 0 Å². The van der Waals surface area contributed by atoms with Crippen LogP contribution in [0.2, 0.25) is 0 Å². The van der Waals surface area contributed by atoms with Crippen LogP contribution in [0.3, 0.4) is 0 Å². The monoisotopic (exact) mass is 597 g/mol. The highest BCUT2D eigenvalue weighted by Crippen LogP contribution is 2.47. The predicted octanol–water partition coefficient (Wildman–Crippen LogP) is 7.34. The second kappa shape index (κ2) is 11.5. The van der Waals surface area contributed by atoms with E-state index in [1.165, 1.54) is 12.8 Å². The summed E-state index contributed by atoms with van der Waals surface area (Å²) in [6.45, 7) is 31.1. The summed E-state index contributed by atoms with van der Waals surface area (Å²) >= 11 is 0. The zero-order valence-corrected chi connectivity index (χ0v) is 29.9. The standard InChI is InChI=1S/C35H64N8/c1-30(2,3)23-31(4,5)41-28-38-27-26-25(36)22-32(6,7)42(35(26,12)13)19-17-15-14-16-18-37-24-20-33(8,9)43(29(39-27)40-28)34(10,11)21-24/h18,24-26H,14-17,19-23,36H2,1-13H3,(H,38,39,40,41). The van der Waals surface area contributed by atoms with Gasteiger partial charge >= 0.3 is 0 Å².